The van der Waals surface area contributed by atoms with E-state index in [0.717, 1.165) is 10.9 Å². The van der Waals surface area contributed by atoms with Crippen LogP contribution in [-0.4, -0.2) is 15.0 Å². The largest absolute Gasteiger partial charge is 0.437 e. The van der Waals surface area contributed by atoms with Gasteiger partial charge in [-0.15, -0.1) is 0 Å². The molecule has 0 fully saturated rings. The first-order valence-corrected chi connectivity index (χ1v) is 5.81. The zero-order chi connectivity index (χ0) is 13.2. The van der Waals surface area contributed by atoms with Crippen LogP contribution in [0.1, 0.15) is 5.82 Å². The number of fused-ring (bicyclic) bond motifs is 1. The molecule has 0 aliphatic heterocycles. The number of aromatic amines is 1. The molecule has 3 rings (SSSR count). The maximum Gasteiger partial charge on any atom is 0.254 e. The standard InChI is InChI=1S/C14H11N3O2/c1-9-16-13(18)7-14(17-9)19-11-6-10-4-2-3-5-12(10)15-8-11/h2-8H,1H3,(H,16,17,18). The number of aromatic nitrogens is 3. The fraction of sp³-hybridized carbons (Fsp3) is 0.0714. The molecular weight excluding hydrogens is 242 g/mol. The van der Waals surface area contributed by atoms with Crippen LogP contribution >= 0.6 is 0 Å². The molecule has 0 radical (unpaired) electrons. The molecular formula is C14H11N3O2. The van der Waals surface area contributed by atoms with Gasteiger partial charge in [0.25, 0.3) is 5.56 Å². The molecule has 5 heteroatoms. The van der Waals surface area contributed by atoms with Crippen LogP contribution in [0.5, 0.6) is 11.6 Å². The van der Waals surface area contributed by atoms with Gasteiger partial charge in [-0.3, -0.25) is 9.78 Å². The molecule has 0 unspecified atom stereocenters. The Balaban J connectivity index is 1.98. The third-order valence-corrected chi connectivity index (χ3v) is 2.62. The molecule has 0 spiro atoms. The van der Waals surface area contributed by atoms with E-state index in [4.69, 9.17) is 4.74 Å². The van der Waals surface area contributed by atoms with Crippen LogP contribution in [0.15, 0.2) is 47.4 Å². The molecule has 0 aliphatic carbocycles. The molecule has 0 bridgehead atoms. The summed E-state index contributed by atoms with van der Waals surface area (Å²) in [7, 11) is 0. The van der Waals surface area contributed by atoms with E-state index in [-0.39, 0.29) is 11.4 Å². The number of hydrogen-bond acceptors (Lipinski definition) is 4. The molecule has 0 atom stereocenters. The highest BCUT2D eigenvalue weighted by Gasteiger charge is 2.03. The number of para-hydroxylation sites is 1. The summed E-state index contributed by atoms with van der Waals surface area (Å²) >= 11 is 0. The molecule has 0 amide bonds. The summed E-state index contributed by atoms with van der Waals surface area (Å²) in [5.74, 6) is 1.32. The second-order valence-electron chi connectivity index (χ2n) is 4.13. The van der Waals surface area contributed by atoms with E-state index in [1.165, 1.54) is 6.07 Å². The molecule has 94 valence electrons. The summed E-state index contributed by atoms with van der Waals surface area (Å²) in [5.41, 5.74) is 0.654. The van der Waals surface area contributed by atoms with Gasteiger partial charge in [-0.1, -0.05) is 18.2 Å². The Hall–Kier alpha value is -2.69. The Kier molecular flexibility index (Phi) is 2.72. The van der Waals surface area contributed by atoms with Crippen molar-refractivity contribution in [3.63, 3.8) is 0 Å². The Morgan fingerprint density at radius 3 is 2.89 bits per heavy atom. The van der Waals surface area contributed by atoms with Gasteiger partial charge < -0.3 is 9.72 Å². The minimum absolute atomic E-state index is 0.240. The van der Waals surface area contributed by atoms with Gasteiger partial charge in [-0.05, 0) is 19.1 Å². The Morgan fingerprint density at radius 1 is 1.21 bits per heavy atom. The maximum atomic E-state index is 11.3. The van der Waals surface area contributed by atoms with Crippen LogP contribution in [0.4, 0.5) is 0 Å². The lowest BCUT2D eigenvalue weighted by atomic mass is 10.2. The third-order valence-electron chi connectivity index (χ3n) is 2.62. The summed E-state index contributed by atoms with van der Waals surface area (Å²) in [6.45, 7) is 1.70. The first kappa shape index (κ1) is 11.4. The first-order valence-electron chi connectivity index (χ1n) is 5.81. The number of nitrogens with one attached hydrogen (secondary N) is 1. The smallest absolute Gasteiger partial charge is 0.254 e. The average Bonchev–Trinajstić information content (AvgIpc) is 2.37. The van der Waals surface area contributed by atoms with Gasteiger partial charge in [0.05, 0.1) is 17.8 Å². The summed E-state index contributed by atoms with van der Waals surface area (Å²) < 4.78 is 5.55. The Morgan fingerprint density at radius 2 is 2.05 bits per heavy atom. The van der Waals surface area contributed by atoms with Crippen LogP contribution < -0.4 is 10.3 Å². The van der Waals surface area contributed by atoms with Crippen LogP contribution in [0.2, 0.25) is 0 Å². The van der Waals surface area contributed by atoms with Gasteiger partial charge >= 0.3 is 0 Å². The van der Waals surface area contributed by atoms with Gasteiger partial charge in [-0.2, -0.15) is 0 Å². The minimum atomic E-state index is -0.240. The highest BCUT2D eigenvalue weighted by atomic mass is 16.5. The number of pyridine rings is 1. The molecule has 2 heterocycles. The van der Waals surface area contributed by atoms with E-state index in [1.807, 2.05) is 30.3 Å². The van der Waals surface area contributed by atoms with Crippen LogP contribution in [0, 0.1) is 6.92 Å². The lowest BCUT2D eigenvalue weighted by Crippen LogP contribution is -2.08. The fourth-order valence-corrected chi connectivity index (χ4v) is 1.83. The molecule has 5 nitrogen and oxygen atoms in total. The minimum Gasteiger partial charge on any atom is -0.437 e. The van der Waals surface area contributed by atoms with E-state index in [9.17, 15) is 4.79 Å². The lowest BCUT2D eigenvalue weighted by molar-refractivity contribution is 0.457. The zero-order valence-electron chi connectivity index (χ0n) is 10.3. The van der Waals surface area contributed by atoms with Crippen LogP contribution in [-0.2, 0) is 0 Å². The zero-order valence-corrected chi connectivity index (χ0v) is 10.3. The predicted molar refractivity (Wildman–Crippen MR) is 71.4 cm³/mol. The van der Waals surface area contributed by atoms with E-state index >= 15 is 0 Å². The van der Waals surface area contributed by atoms with E-state index in [0.29, 0.717) is 11.6 Å². The summed E-state index contributed by atoms with van der Waals surface area (Å²) in [6.07, 6.45) is 1.61. The number of H-pyrrole nitrogens is 1. The predicted octanol–water partition coefficient (Wildman–Crippen LogP) is 2.42. The van der Waals surface area contributed by atoms with Crippen molar-refractivity contribution in [1.29, 1.82) is 0 Å². The second-order valence-corrected chi connectivity index (χ2v) is 4.13. The highest BCUT2D eigenvalue weighted by Crippen LogP contribution is 2.21. The summed E-state index contributed by atoms with van der Waals surface area (Å²) in [4.78, 5) is 22.3. The fourth-order valence-electron chi connectivity index (χ4n) is 1.83. The van der Waals surface area contributed by atoms with Gasteiger partial charge in [0.15, 0.2) is 0 Å². The van der Waals surface area contributed by atoms with Gasteiger partial charge in [0, 0.05) is 5.39 Å². The van der Waals surface area contributed by atoms with Crippen LogP contribution in [0.25, 0.3) is 10.9 Å². The Labute approximate surface area is 108 Å². The van der Waals surface area contributed by atoms with Crippen molar-refractivity contribution in [2.45, 2.75) is 6.92 Å². The molecule has 3 aromatic rings. The number of aryl methyl sites for hydroxylation is 1. The van der Waals surface area contributed by atoms with Crippen molar-refractivity contribution in [3.8, 4) is 11.6 Å². The van der Waals surface area contributed by atoms with Crippen molar-refractivity contribution >= 4 is 10.9 Å². The number of hydrogen-bond donors (Lipinski definition) is 1. The quantitative estimate of drug-likeness (QED) is 0.761. The number of benzene rings is 1. The Bertz CT molecular complexity index is 796. The van der Waals surface area contributed by atoms with Crippen molar-refractivity contribution < 1.29 is 4.74 Å². The molecule has 0 aliphatic rings. The SMILES string of the molecule is Cc1nc(Oc2cnc3ccccc3c2)cc(=O)[nH]1. The van der Waals surface area contributed by atoms with Gasteiger partial charge in [0.2, 0.25) is 5.88 Å². The molecule has 0 saturated heterocycles. The molecule has 0 saturated carbocycles. The van der Waals surface area contributed by atoms with Gasteiger partial charge in [-0.25, -0.2) is 4.98 Å². The average molecular weight is 253 g/mol. The lowest BCUT2D eigenvalue weighted by Gasteiger charge is -2.05. The maximum absolute atomic E-state index is 11.3. The molecule has 19 heavy (non-hydrogen) atoms. The van der Waals surface area contributed by atoms with Gasteiger partial charge in [0.1, 0.15) is 11.6 Å². The van der Waals surface area contributed by atoms with Crippen molar-refractivity contribution in [3.05, 3.63) is 58.8 Å². The number of ether oxygens (including phenoxy) is 1. The van der Waals surface area contributed by atoms with Crippen LogP contribution in [0.3, 0.4) is 0 Å². The summed E-state index contributed by atoms with van der Waals surface area (Å²) in [6, 6.07) is 10.9. The second kappa shape index (κ2) is 4.53. The first-order chi connectivity index (χ1) is 9.20. The van der Waals surface area contributed by atoms with E-state index < -0.39 is 0 Å². The molecule has 1 N–H and O–H groups in total. The number of nitrogens with zero attached hydrogens (tertiary/aromatic N) is 2. The van der Waals surface area contributed by atoms with E-state index in [1.54, 1.807) is 13.1 Å². The molecule has 2 aromatic heterocycles. The third kappa shape index (κ3) is 2.44. The number of rotatable bonds is 2. The van der Waals surface area contributed by atoms with Crippen molar-refractivity contribution in [2.24, 2.45) is 0 Å². The monoisotopic (exact) mass is 253 g/mol. The normalized spacial score (nSPS) is 10.6. The topological polar surface area (TPSA) is 67.9 Å². The van der Waals surface area contributed by atoms with Crippen molar-refractivity contribution in [1.82, 2.24) is 15.0 Å². The van der Waals surface area contributed by atoms with Crippen molar-refractivity contribution in [2.75, 3.05) is 0 Å². The highest BCUT2D eigenvalue weighted by molar-refractivity contribution is 5.79. The summed E-state index contributed by atoms with van der Waals surface area (Å²) in [5, 5.41) is 0.974. The molecule has 1 aromatic carbocycles. The van der Waals surface area contributed by atoms with E-state index in [2.05, 4.69) is 15.0 Å².